The summed E-state index contributed by atoms with van der Waals surface area (Å²) in [5.74, 6) is 0.922. The summed E-state index contributed by atoms with van der Waals surface area (Å²) in [6.45, 7) is 3.82. The number of carbonyl (C=O) groups excluding carboxylic acids is 1. The van der Waals surface area contributed by atoms with Crippen molar-refractivity contribution in [1.82, 2.24) is 15.5 Å². The van der Waals surface area contributed by atoms with Crippen LogP contribution in [0.3, 0.4) is 0 Å². The monoisotopic (exact) mass is 399 g/mol. The SMILES string of the molecule is CCC(NC(=O)c1ccc(-c2nc(C)no2)cc1)c1ccc(Br)cc1. The number of rotatable bonds is 5. The molecule has 25 heavy (non-hydrogen) atoms. The molecule has 0 radical (unpaired) electrons. The molecular weight excluding hydrogens is 382 g/mol. The average Bonchev–Trinajstić information content (AvgIpc) is 3.07. The average molecular weight is 400 g/mol. The molecule has 0 aliphatic rings. The van der Waals surface area contributed by atoms with E-state index in [2.05, 4.69) is 31.4 Å². The fourth-order valence-corrected chi connectivity index (χ4v) is 2.80. The second-order valence-electron chi connectivity index (χ2n) is 5.71. The topological polar surface area (TPSA) is 68.0 Å². The van der Waals surface area contributed by atoms with Gasteiger partial charge in [-0.2, -0.15) is 4.98 Å². The first-order chi connectivity index (χ1) is 12.1. The summed E-state index contributed by atoms with van der Waals surface area (Å²) in [4.78, 5) is 16.7. The summed E-state index contributed by atoms with van der Waals surface area (Å²) in [6, 6.07) is 15.1. The van der Waals surface area contributed by atoms with Gasteiger partial charge in [0, 0.05) is 15.6 Å². The molecule has 128 valence electrons. The number of hydrogen-bond acceptors (Lipinski definition) is 4. The predicted molar refractivity (Wildman–Crippen MR) is 99.1 cm³/mol. The van der Waals surface area contributed by atoms with Gasteiger partial charge in [0.15, 0.2) is 5.82 Å². The highest BCUT2D eigenvalue weighted by molar-refractivity contribution is 9.10. The minimum atomic E-state index is -0.108. The molecule has 5 nitrogen and oxygen atoms in total. The van der Waals surface area contributed by atoms with Crippen LogP contribution in [0.4, 0.5) is 0 Å². The zero-order valence-electron chi connectivity index (χ0n) is 14.0. The Morgan fingerprint density at radius 2 is 1.84 bits per heavy atom. The molecule has 0 aliphatic carbocycles. The van der Waals surface area contributed by atoms with E-state index < -0.39 is 0 Å². The lowest BCUT2D eigenvalue weighted by molar-refractivity contribution is 0.0935. The number of nitrogens with zero attached hydrogens (tertiary/aromatic N) is 2. The summed E-state index contributed by atoms with van der Waals surface area (Å²) < 4.78 is 6.15. The van der Waals surface area contributed by atoms with Crippen molar-refractivity contribution in [2.45, 2.75) is 26.3 Å². The van der Waals surface area contributed by atoms with Crippen LogP contribution in [0.15, 0.2) is 57.5 Å². The largest absolute Gasteiger partial charge is 0.345 e. The van der Waals surface area contributed by atoms with Crippen LogP contribution in [0.1, 0.15) is 41.1 Å². The normalized spacial score (nSPS) is 12.0. The number of benzene rings is 2. The number of halogens is 1. The Hall–Kier alpha value is -2.47. The Kier molecular flexibility index (Phi) is 5.28. The molecule has 0 bridgehead atoms. The zero-order chi connectivity index (χ0) is 17.8. The summed E-state index contributed by atoms with van der Waals surface area (Å²) in [5, 5.41) is 6.85. The molecule has 0 aliphatic heterocycles. The van der Waals surface area contributed by atoms with Gasteiger partial charge in [-0.1, -0.05) is 40.1 Å². The van der Waals surface area contributed by atoms with Crippen LogP contribution in [-0.2, 0) is 0 Å². The third kappa shape index (κ3) is 4.14. The number of nitrogens with one attached hydrogen (secondary N) is 1. The van der Waals surface area contributed by atoms with E-state index in [9.17, 15) is 4.79 Å². The van der Waals surface area contributed by atoms with E-state index in [1.54, 1.807) is 19.1 Å². The van der Waals surface area contributed by atoms with Crippen molar-refractivity contribution in [1.29, 1.82) is 0 Å². The van der Waals surface area contributed by atoms with E-state index >= 15 is 0 Å². The second kappa shape index (κ2) is 7.61. The van der Waals surface area contributed by atoms with Crippen molar-refractivity contribution in [3.8, 4) is 11.5 Å². The maximum Gasteiger partial charge on any atom is 0.257 e. The second-order valence-corrected chi connectivity index (χ2v) is 6.63. The molecule has 0 saturated carbocycles. The van der Waals surface area contributed by atoms with E-state index in [4.69, 9.17) is 4.52 Å². The van der Waals surface area contributed by atoms with Crippen LogP contribution in [-0.4, -0.2) is 16.0 Å². The summed E-state index contributed by atoms with van der Waals surface area (Å²) >= 11 is 3.43. The minimum Gasteiger partial charge on any atom is -0.345 e. The molecule has 1 unspecified atom stereocenters. The van der Waals surface area contributed by atoms with Gasteiger partial charge in [-0.05, 0) is 55.3 Å². The van der Waals surface area contributed by atoms with Crippen molar-refractivity contribution >= 4 is 21.8 Å². The third-order valence-corrected chi connectivity index (χ3v) is 4.44. The maximum absolute atomic E-state index is 12.5. The smallest absolute Gasteiger partial charge is 0.257 e. The molecule has 0 fully saturated rings. The highest BCUT2D eigenvalue weighted by Crippen LogP contribution is 2.21. The fraction of sp³-hybridized carbons (Fsp3) is 0.211. The van der Waals surface area contributed by atoms with Crippen LogP contribution in [0.5, 0.6) is 0 Å². The molecule has 0 spiro atoms. The van der Waals surface area contributed by atoms with Crippen LogP contribution >= 0.6 is 15.9 Å². The first-order valence-corrected chi connectivity index (χ1v) is 8.83. The van der Waals surface area contributed by atoms with Gasteiger partial charge in [-0.3, -0.25) is 4.79 Å². The van der Waals surface area contributed by atoms with Gasteiger partial charge in [0.05, 0.1) is 6.04 Å². The van der Waals surface area contributed by atoms with Gasteiger partial charge < -0.3 is 9.84 Å². The van der Waals surface area contributed by atoms with Gasteiger partial charge >= 0.3 is 0 Å². The lowest BCUT2D eigenvalue weighted by Gasteiger charge is -2.17. The fourth-order valence-electron chi connectivity index (χ4n) is 2.54. The molecule has 2 aromatic carbocycles. The zero-order valence-corrected chi connectivity index (χ0v) is 15.6. The molecule has 1 aromatic heterocycles. The van der Waals surface area contributed by atoms with Gasteiger partial charge in [0.2, 0.25) is 0 Å². The highest BCUT2D eigenvalue weighted by Gasteiger charge is 2.15. The summed E-state index contributed by atoms with van der Waals surface area (Å²) in [5.41, 5.74) is 2.46. The molecule has 1 N–H and O–H groups in total. The number of hydrogen-bond donors (Lipinski definition) is 1. The first kappa shape index (κ1) is 17.4. The van der Waals surface area contributed by atoms with Gasteiger partial charge in [-0.15, -0.1) is 0 Å². The summed E-state index contributed by atoms with van der Waals surface area (Å²) in [6.07, 6.45) is 0.812. The minimum absolute atomic E-state index is 0.0288. The van der Waals surface area contributed by atoms with Crippen LogP contribution < -0.4 is 5.32 Å². The van der Waals surface area contributed by atoms with E-state index in [1.807, 2.05) is 43.3 Å². The Morgan fingerprint density at radius 1 is 1.16 bits per heavy atom. The quantitative estimate of drug-likeness (QED) is 0.675. The first-order valence-electron chi connectivity index (χ1n) is 8.04. The van der Waals surface area contributed by atoms with E-state index in [0.717, 1.165) is 22.0 Å². The van der Waals surface area contributed by atoms with Crippen molar-refractivity contribution in [2.24, 2.45) is 0 Å². The summed E-state index contributed by atoms with van der Waals surface area (Å²) in [7, 11) is 0. The molecule has 1 amide bonds. The van der Waals surface area contributed by atoms with Crippen molar-refractivity contribution < 1.29 is 9.32 Å². The lowest BCUT2D eigenvalue weighted by Crippen LogP contribution is -2.28. The molecule has 1 atom stereocenters. The Bertz CT molecular complexity index is 857. The number of aromatic nitrogens is 2. The van der Waals surface area contributed by atoms with Gasteiger partial charge in [0.1, 0.15) is 0 Å². The van der Waals surface area contributed by atoms with Crippen LogP contribution in [0.25, 0.3) is 11.5 Å². The Labute approximate surface area is 154 Å². The van der Waals surface area contributed by atoms with Gasteiger partial charge in [-0.25, -0.2) is 0 Å². The maximum atomic E-state index is 12.5. The van der Waals surface area contributed by atoms with Crippen molar-refractivity contribution in [3.63, 3.8) is 0 Å². The van der Waals surface area contributed by atoms with Crippen molar-refractivity contribution in [2.75, 3.05) is 0 Å². The molecular formula is C19H18BrN3O2. The van der Waals surface area contributed by atoms with Crippen LogP contribution in [0.2, 0.25) is 0 Å². The predicted octanol–water partition coefficient (Wildman–Crippen LogP) is 4.69. The number of carbonyl (C=O) groups is 1. The van der Waals surface area contributed by atoms with Gasteiger partial charge in [0.25, 0.3) is 11.8 Å². The molecule has 6 heteroatoms. The van der Waals surface area contributed by atoms with E-state index in [-0.39, 0.29) is 11.9 Å². The molecule has 0 saturated heterocycles. The third-order valence-electron chi connectivity index (χ3n) is 3.91. The molecule has 1 heterocycles. The van der Waals surface area contributed by atoms with Crippen molar-refractivity contribution in [3.05, 3.63) is 70.0 Å². The lowest BCUT2D eigenvalue weighted by atomic mass is 10.0. The molecule has 3 rings (SSSR count). The standard InChI is InChI=1S/C19H18BrN3O2/c1-3-17(13-8-10-16(20)11-9-13)22-18(24)14-4-6-15(7-5-14)19-21-12(2)23-25-19/h4-11,17H,3H2,1-2H3,(H,22,24). The number of amides is 1. The number of aryl methyl sites for hydroxylation is 1. The van der Waals surface area contributed by atoms with Crippen LogP contribution in [0, 0.1) is 6.92 Å². The Balaban J connectivity index is 1.72. The van der Waals surface area contributed by atoms with E-state index in [1.165, 1.54) is 0 Å². The highest BCUT2D eigenvalue weighted by atomic mass is 79.9. The molecule has 3 aromatic rings. The Morgan fingerprint density at radius 3 is 2.40 bits per heavy atom. The van der Waals surface area contributed by atoms with E-state index in [0.29, 0.717) is 17.3 Å².